The monoisotopic (exact) mass is 486 g/mol. The molecule has 5 nitrogen and oxygen atoms in total. The fraction of sp³-hybridized carbons (Fsp3) is 0.355. The average molecular weight is 487 g/mol. The van der Waals surface area contributed by atoms with Gasteiger partial charge in [0.15, 0.2) is 6.61 Å². The van der Waals surface area contributed by atoms with E-state index in [1.54, 1.807) is 4.90 Å². The molecule has 0 spiro atoms. The van der Waals surface area contributed by atoms with Crippen LogP contribution in [0.4, 0.5) is 0 Å². The molecule has 0 aliphatic rings. The van der Waals surface area contributed by atoms with Crippen LogP contribution in [0.1, 0.15) is 47.6 Å². The van der Waals surface area contributed by atoms with E-state index in [2.05, 4.69) is 18.3 Å². The fourth-order valence-electron chi connectivity index (χ4n) is 4.10. The van der Waals surface area contributed by atoms with E-state index in [0.29, 0.717) is 25.3 Å². The number of benzene rings is 3. The number of nitrogens with one attached hydrogen (secondary N) is 1. The summed E-state index contributed by atoms with van der Waals surface area (Å²) in [4.78, 5) is 28.8. The number of hydrogen-bond donors (Lipinski definition) is 1. The van der Waals surface area contributed by atoms with Crippen molar-refractivity contribution in [2.75, 3.05) is 13.2 Å². The molecule has 0 heterocycles. The molecule has 0 bridgehead atoms. The first-order chi connectivity index (χ1) is 17.4. The summed E-state index contributed by atoms with van der Waals surface area (Å²) in [7, 11) is 0. The predicted octanol–water partition coefficient (Wildman–Crippen LogP) is 5.55. The van der Waals surface area contributed by atoms with Crippen LogP contribution < -0.4 is 10.1 Å². The molecule has 3 aromatic rings. The summed E-state index contributed by atoms with van der Waals surface area (Å²) in [6, 6.07) is 23.0. The third kappa shape index (κ3) is 7.98. The number of hydrogen-bond acceptors (Lipinski definition) is 3. The maximum absolute atomic E-state index is 13.6. The number of rotatable bonds is 12. The van der Waals surface area contributed by atoms with Gasteiger partial charge in [0.05, 0.1) is 0 Å². The Morgan fingerprint density at radius 2 is 1.64 bits per heavy atom. The van der Waals surface area contributed by atoms with E-state index in [9.17, 15) is 9.59 Å². The second-order valence-electron chi connectivity index (χ2n) is 9.40. The third-order valence-corrected chi connectivity index (χ3v) is 6.38. The number of unbranched alkanes of at least 4 members (excludes halogenated alkanes) is 1. The maximum Gasteiger partial charge on any atom is 0.261 e. The topological polar surface area (TPSA) is 58.6 Å². The Morgan fingerprint density at radius 3 is 2.33 bits per heavy atom. The number of ether oxygens (including phenoxy) is 1. The second-order valence-corrected chi connectivity index (χ2v) is 9.40. The Balaban J connectivity index is 1.89. The summed E-state index contributed by atoms with van der Waals surface area (Å²) in [6.45, 7) is 8.95. The molecule has 0 saturated heterocycles. The van der Waals surface area contributed by atoms with Gasteiger partial charge in [-0.1, -0.05) is 79.6 Å². The molecule has 0 aromatic heterocycles. The second kappa shape index (κ2) is 13.5. The molecule has 3 aromatic carbocycles. The van der Waals surface area contributed by atoms with Crippen molar-refractivity contribution in [1.82, 2.24) is 10.2 Å². The van der Waals surface area contributed by atoms with Crippen LogP contribution in [0.2, 0.25) is 0 Å². The van der Waals surface area contributed by atoms with Gasteiger partial charge in [0.1, 0.15) is 11.8 Å². The molecule has 0 aliphatic heterocycles. The lowest BCUT2D eigenvalue weighted by molar-refractivity contribution is -0.142. The lowest BCUT2D eigenvalue weighted by atomic mass is 10.0. The number of amides is 2. The zero-order valence-corrected chi connectivity index (χ0v) is 21.9. The first-order valence-electron chi connectivity index (χ1n) is 12.7. The minimum absolute atomic E-state index is 0.137. The van der Waals surface area contributed by atoms with Gasteiger partial charge in [0.2, 0.25) is 5.91 Å². The van der Waals surface area contributed by atoms with Crippen LogP contribution in [0.15, 0.2) is 72.8 Å². The van der Waals surface area contributed by atoms with Crippen molar-refractivity contribution < 1.29 is 14.3 Å². The Kier molecular flexibility index (Phi) is 10.1. The molecule has 2 amide bonds. The first kappa shape index (κ1) is 27.0. The highest BCUT2D eigenvalue weighted by atomic mass is 16.5. The molecular formula is C31H38N2O3. The highest BCUT2D eigenvalue weighted by molar-refractivity contribution is 5.88. The van der Waals surface area contributed by atoms with Crippen LogP contribution in [-0.4, -0.2) is 35.9 Å². The summed E-state index contributed by atoms with van der Waals surface area (Å²) in [5.41, 5.74) is 5.37. The standard InChI is InChI=1S/C31H38N2O3/c1-5-6-17-32-31(35)29(20-26-12-8-7-9-13-26)33(21-27-14-10-11-23(2)18-27)30(34)22-36-28-16-15-24(3)25(4)19-28/h7-16,18-19,29H,5-6,17,20-22H2,1-4H3,(H,32,35)/t29-/m1/s1. The molecule has 0 unspecified atom stereocenters. The molecule has 1 N–H and O–H groups in total. The fourth-order valence-corrected chi connectivity index (χ4v) is 4.10. The minimum Gasteiger partial charge on any atom is -0.484 e. The lowest BCUT2D eigenvalue weighted by Gasteiger charge is -2.31. The summed E-state index contributed by atoms with van der Waals surface area (Å²) in [5.74, 6) is 0.287. The van der Waals surface area contributed by atoms with Gasteiger partial charge >= 0.3 is 0 Å². The van der Waals surface area contributed by atoms with E-state index in [1.165, 1.54) is 5.56 Å². The molecule has 0 radical (unpaired) electrons. The predicted molar refractivity (Wildman–Crippen MR) is 145 cm³/mol. The van der Waals surface area contributed by atoms with Crippen LogP contribution >= 0.6 is 0 Å². The molecule has 3 rings (SSSR count). The normalized spacial score (nSPS) is 11.6. The number of nitrogens with zero attached hydrogens (tertiary/aromatic N) is 1. The van der Waals surface area contributed by atoms with E-state index in [4.69, 9.17) is 4.74 Å². The van der Waals surface area contributed by atoms with Crippen LogP contribution in [0.5, 0.6) is 5.75 Å². The quantitative estimate of drug-likeness (QED) is 0.342. The van der Waals surface area contributed by atoms with Gasteiger partial charge in [0.25, 0.3) is 5.91 Å². The van der Waals surface area contributed by atoms with Crippen molar-refractivity contribution in [3.63, 3.8) is 0 Å². The smallest absolute Gasteiger partial charge is 0.261 e. The summed E-state index contributed by atoms with van der Waals surface area (Å²) in [6.07, 6.45) is 2.31. The molecule has 190 valence electrons. The zero-order valence-electron chi connectivity index (χ0n) is 21.9. The van der Waals surface area contributed by atoms with Crippen molar-refractivity contribution in [3.8, 4) is 5.75 Å². The average Bonchev–Trinajstić information content (AvgIpc) is 2.87. The molecular weight excluding hydrogens is 448 g/mol. The Hall–Kier alpha value is -3.60. The number of aryl methyl sites for hydroxylation is 3. The zero-order chi connectivity index (χ0) is 25.9. The molecule has 1 atom stereocenters. The van der Waals surface area contributed by atoms with Crippen LogP contribution in [0.3, 0.4) is 0 Å². The first-order valence-corrected chi connectivity index (χ1v) is 12.7. The van der Waals surface area contributed by atoms with Crippen molar-refractivity contribution >= 4 is 11.8 Å². The van der Waals surface area contributed by atoms with Gasteiger partial charge in [0, 0.05) is 19.5 Å². The molecule has 0 saturated carbocycles. The summed E-state index contributed by atoms with van der Waals surface area (Å²) < 4.78 is 5.90. The maximum atomic E-state index is 13.6. The largest absolute Gasteiger partial charge is 0.484 e. The Morgan fingerprint density at radius 1 is 0.889 bits per heavy atom. The molecule has 0 fully saturated rings. The van der Waals surface area contributed by atoms with E-state index in [0.717, 1.165) is 35.1 Å². The molecule has 36 heavy (non-hydrogen) atoms. The van der Waals surface area contributed by atoms with E-state index in [-0.39, 0.29) is 18.4 Å². The van der Waals surface area contributed by atoms with Crippen LogP contribution in [0.25, 0.3) is 0 Å². The van der Waals surface area contributed by atoms with Gasteiger partial charge in [-0.3, -0.25) is 9.59 Å². The van der Waals surface area contributed by atoms with Crippen molar-refractivity contribution in [3.05, 3.63) is 101 Å². The van der Waals surface area contributed by atoms with E-state index < -0.39 is 6.04 Å². The van der Waals surface area contributed by atoms with Gasteiger partial charge in [-0.2, -0.15) is 0 Å². The van der Waals surface area contributed by atoms with E-state index in [1.807, 2.05) is 87.5 Å². The van der Waals surface area contributed by atoms with Crippen molar-refractivity contribution in [2.45, 2.75) is 59.5 Å². The van der Waals surface area contributed by atoms with Crippen LogP contribution in [-0.2, 0) is 22.6 Å². The summed E-state index contributed by atoms with van der Waals surface area (Å²) in [5, 5.41) is 3.05. The highest BCUT2D eigenvalue weighted by Gasteiger charge is 2.30. The summed E-state index contributed by atoms with van der Waals surface area (Å²) >= 11 is 0. The minimum atomic E-state index is -0.652. The lowest BCUT2D eigenvalue weighted by Crippen LogP contribution is -2.51. The third-order valence-electron chi connectivity index (χ3n) is 6.38. The van der Waals surface area contributed by atoms with Gasteiger partial charge in [-0.15, -0.1) is 0 Å². The SMILES string of the molecule is CCCCNC(=O)[C@@H](Cc1ccccc1)N(Cc1cccc(C)c1)C(=O)COc1ccc(C)c(C)c1. The number of carbonyl (C=O) groups is 2. The van der Waals surface area contributed by atoms with Crippen molar-refractivity contribution in [2.24, 2.45) is 0 Å². The Bertz CT molecular complexity index is 1140. The Labute approximate surface area is 215 Å². The molecule has 5 heteroatoms. The highest BCUT2D eigenvalue weighted by Crippen LogP contribution is 2.19. The van der Waals surface area contributed by atoms with E-state index >= 15 is 0 Å². The van der Waals surface area contributed by atoms with Gasteiger partial charge in [-0.05, 0) is 61.6 Å². The van der Waals surface area contributed by atoms with Gasteiger partial charge < -0.3 is 15.0 Å². The van der Waals surface area contributed by atoms with Crippen molar-refractivity contribution in [1.29, 1.82) is 0 Å². The number of carbonyl (C=O) groups excluding carboxylic acids is 2. The molecule has 0 aliphatic carbocycles. The van der Waals surface area contributed by atoms with Crippen LogP contribution in [0, 0.1) is 20.8 Å². The van der Waals surface area contributed by atoms with Gasteiger partial charge in [-0.25, -0.2) is 0 Å².